The van der Waals surface area contributed by atoms with Gasteiger partial charge in [0, 0.05) is 0 Å². The van der Waals surface area contributed by atoms with E-state index in [1.165, 1.54) is 0 Å². The first-order chi connectivity index (χ1) is 3.42. The molecule has 0 aliphatic carbocycles. The van der Waals surface area contributed by atoms with Crippen LogP contribution in [0.5, 0.6) is 0 Å². The fraction of sp³-hybridized carbons (Fsp3) is 0.500. The molecule has 0 atom stereocenters. The van der Waals surface area contributed by atoms with Crippen molar-refractivity contribution in [2.75, 3.05) is 0 Å². The Kier molecular flexibility index (Phi) is 2.55. The van der Waals surface area contributed by atoms with Crippen molar-refractivity contribution >= 4 is 29.2 Å². The molecule has 6 heteroatoms. The minimum Gasteiger partial charge on any atom is -0.283 e. The third kappa shape index (κ3) is 6.03. The maximum atomic E-state index is 11.1. The largest absolute Gasteiger partial charge is 0.483 e. The summed E-state index contributed by atoms with van der Waals surface area (Å²) in [6.45, 7) is 0. The molecule has 0 aromatic rings. The Balaban J connectivity index is 3.55. The highest BCUT2D eigenvalue weighted by Crippen LogP contribution is 2.09. The second-order valence-electron chi connectivity index (χ2n) is 0.928. The van der Waals surface area contributed by atoms with Crippen molar-refractivity contribution in [3.63, 3.8) is 0 Å². The number of alkyl halides is 3. The number of thiocarbonyl (C=S) groups is 1. The molecule has 1 N–H and O–H groups in total. The number of nitrogens with one attached hydrogen (secondary N) is 1. The molecule has 0 radical (unpaired) electrons. The summed E-state index contributed by atoms with van der Waals surface area (Å²) >= 11 is 7.17. The van der Waals surface area contributed by atoms with Crippen molar-refractivity contribution in [1.82, 2.24) is 5.32 Å². The van der Waals surface area contributed by atoms with Crippen LogP contribution >= 0.6 is 24.8 Å². The van der Waals surface area contributed by atoms with E-state index in [-0.39, 0.29) is 0 Å². The second-order valence-corrected chi connectivity index (χ2v) is 2.09. The van der Waals surface area contributed by atoms with Gasteiger partial charge < -0.3 is 0 Å². The van der Waals surface area contributed by atoms with E-state index in [0.29, 0.717) is 0 Å². The summed E-state index contributed by atoms with van der Waals surface area (Å²) in [5.41, 5.74) is 0. The summed E-state index contributed by atoms with van der Waals surface area (Å²) in [6.07, 6.45) is -4.45. The molecule has 0 aromatic carbocycles. The molecule has 0 heterocycles. The zero-order valence-corrected chi connectivity index (χ0v) is 5.20. The highest BCUT2D eigenvalue weighted by molar-refractivity contribution is 8.11. The van der Waals surface area contributed by atoms with Crippen LogP contribution in [0.4, 0.5) is 13.2 Å². The van der Waals surface area contributed by atoms with Crippen molar-refractivity contribution in [3.05, 3.63) is 0 Å². The van der Waals surface area contributed by atoms with Gasteiger partial charge in [-0.05, 0) is 0 Å². The van der Waals surface area contributed by atoms with Gasteiger partial charge in [0.15, 0.2) is 0 Å². The Bertz CT molecular complexity index is 97.9. The van der Waals surface area contributed by atoms with Gasteiger partial charge in [-0.2, -0.15) is 13.2 Å². The third-order valence-electron chi connectivity index (χ3n) is 0.249. The van der Waals surface area contributed by atoms with Crippen molar-refractivity contribution in [2.24, 2.45) is 0 Å². The first-order valence-electron chi connectivity index (χ1n) is 1.49. The molecule has 0 unspecified atom stereocenters. The zero-order valence-electron chi connectivity index (χ0n) is 3.49. The fourth-order valence-corrected chi connectivity index (χ4v) is 0.364. The molecule has 0 spiro atoms. The second kappa shape index (κ2) is 2.54. The Hall–Kier alpha value is 0.0300. The smallest absolute Gasteiger partial charge is 0.283 e. The van der Waals surface area contributed by atoms with Crippen molar-refractivity contribution in [1.29, 1.82) is 0 Å². The SMILES string of the molecule is FC(F)(F)NC(=S)S. The lowest BCUT2D eigenvalue weighted by molar-refractivity contribution is -0.140. The molecule has 0 rings (SSSR count). The summed E-state index contributed by atoms with van der Waals surface area (Å²) < 4.78 is 32.6. The van der Waals surface area contributed by atoms with E-state index in [0.717, 1.165) is 5.32 Å². The molecule has 1 nitrogen and oxygen atoms in total. The number of halogens is 3. The Morgan fingerprint density at radius 2 is 1.88 bits per heavy atom. The van der Waals surface area contributed by atoms with Crippen molar-refractivity contribution in [2.45, 2.75) is 6.30 Å². The minimum atomic E-state index is -4.45. The monoisotopic (exact) mass is 161 g/mol. The summed E-state index contributed by atoms with van der Waals surface area (Å²) in [7, 11) is 0. The highest BCUT2D eigenvalue weighted by atomic mass is 32.1. The molecule has 0 fully saturated rings. The van der Waals surface area contributed by atoms with Gasteiger partial charge in [-0.15, -0.1) is 12.6 Å². The van der Waals surface area contributed by atoms with E-state index in [1.54, 1.807) is 0 Å². The van der Waals surface area contributed by atoms with Crippen LogP contribution in [0, 0.1) is 0 Å². The van der Waals surface area contributed by atoms with Gasteiger partial charge in [-0.3, -0.25) is 5.32 Å². The molecule has 0 saturated carbocycles. The number of hydrogen-bond acceptors (Lipinski definition) is 1. The van der Waals surface area contributed by atoms with Crippen molar-refractivity contribution in [3.8, 4) is 0 Å². The van der Waals surface area contributed by atoms with E-state index in [9.17, 15) is 13.2 Å². The topological polar surface area (TPSA) is 12.0 Å². The molecule has 0 aliphatic rings. The molecule has 8 heavy (non-hydrogen) atoms. The predicted molar refractivity (Wildman–Crippen MR) is 30.8 cm³/mol. The van der Waals surface area contributed by atoms with E-state index < -0.39 is 10.6 Å². The molecule has 0 bridgehead atoms. The highest BCUT2D eigenvalue weighted by Gasteiger charge is 2.26. The van der Waals surface area contributed by atoms with Gasteiger partial charge >= 0.3 is 6.30 Å². The van der Waals surface area contributed by atoms with E-state index in [2.05, 4.69) is 24.8 Å². The Morgan fingerprint density at radius 3 is 1.88 bits per heavy atom. The quantitative estimate of drug-likeness (QED) is 0.315. The molecule has 0 saturated heterocycles. The third-order valence-corrected chi connectivity index (χ3v) is 0.463. The number of thiol groups is 1. The Morgan fingerprint density at radius 1 is 1.50 bits per heavy atom. The average molecular weight is 161 g/mol. The fourth-order valence-electron chi connectivity index (χ4n) is 0.121. The number of rotatable bonds is 0. The minimum absolute atomic E-state index is 0.572. The van der Waals surface area contributed by atoms with Crippen LogP contribution in [-0.2, 0) is 0 Å². The zero-order chi connectivity index (χ0) is 6.78. The van der Waals surface area contributed by atoms with Crippen LogP contribution in [0.1, 0.15) is 0 Å². The maximum absolute atomic E-state index is 11.1. The summed E-state index contributed by atoms with van der Waals surface area (Å²) in [5.74, 6) is 0. The first kappa shape index (κ1) is 8.03. The maximum Gasteiger partial charge on any atom is 0.483 e. The lowest BCUT2D eigenvalue weighted by Crippen LogP contribution is -2.33. The van der Waals surface area contributed by atoms with Crippen LogP contribution in [0.2, 0.25) is 0 Å². The van der Waals surface area contributed by atoms with Crippen LogP contribution < -0.4 is 5.32 Å². The van der Waals surface area contributed by atoms with Gasteiger partial charge in [0.1, 0.15) is 4.32 Å². The van der Waals surface area contributed by atoms with Crippen LogP contribution in [-0.4, -0.2) is 10.6 Å². The average Bonchev–Trinajstić information content (AvgIpc) is 1.21. The predicted octanol–water partition coefficient (Wildman–Crippen LogP) is 1.31. The standard InChI is InChI=1S/C2H2F3NS2/c3-2(4,5)6-1(7)8/h(H2,6,7,8). The van der Waals surface area contributed by atoms with Crippen LogP contribution in [0.3, 0.4) is 0 Å². The first-order valence-corrected chi connectivity index (χ1v) is 2.35. The van der Waals surface area contributed by atoms with Gasteiger partial charge in [-0.25, -0.2) is 0 Å². The molecule has 0 aromatic heterocycles. The van der Waals surface area contributed by atoms with E-state index >= 15 is 0 Å². The van der Waals surface area contributed by atoms with Gasteiger partial charge in [0.05, 0.1) is 0 Å². The summed E-state index contributed by atoms with van der Waals surface area (Å²) in [5, 5.41) is 0.978. The normalized spacial score (nSPS) is 11.0. The molecule has 0 amide bonds. The number of hydrogen-bond donors (Lipinski definition) is 2. The van der Waals surface area contributed by atoms with Gasteiger partial charge in [-0.1, -0.05) is 12.2 Å². The van der Waals surface area contributed by atoms with E-state index in [4.69, 9.17) is 0 Å². The lowest BCUT2D eigenvalue weighted by Gasteiger charge is -2.04. The molecular weight excluding hydrogens is 159 g/mol. The molecular formula is C2H2F3NS2. The van der Waals surface area contributed by atoms with E-state index in [1.807, 2.05) is 0 Å². The summed E-state index contributed by atoms with van der Waals surface area (Å²) in [4.78, 5) is 0. The lowest BCUT2D eigenvalue weighted by atomic mass is 11.1. The van der Waals surface area contributed by atoms with Crippen molar-refractivity contribution < 1.29 is 13.2 Å². The molecule has 48 valence electrons. The Labute approximate surface area is 54.7 Å². The van der Waals surface area contributed by atoms with Gasteiger partial charge in [0.25, 0.3) is 0 Å². The molecule has 0 aliphatic heterocycles. The van der Waals surface area contributed by atoms with Crippen LogP contribution in [0.15, 0.2) is 0 Å². The van der Waals surface area contributed by atoms with Gasteiger partial charge in [0.2, 0.25) is 0 Å². The summed E-state index contributed by atoms with van der Waals surface area (Å²) in [6, 6.07) is 0. The van der Waals surface area contributed by atoms with Crippen LogP contribution in [0.25, 0.3) is 0 Å².